The smallest absolute Gasteiger partial charge is 0.242 e. The standard InChI is InChI=1S/C10H19N3O2S/c1-7(14)8(11)9(15)13-4-2-10(6-13)12-3-5-16-10/h7-8,12,14H,2-6,11H2,1H3/t7-,8+,10?/m1/s1. The van der Waals surface area contributed by atoms with Gasteiger partial charge in [0.2, 0.25) is 5.91 Å². The van der Waals surface area contributed by atoms with Gasteiger partial charge in [-0.25, -0.2) is 0 Å². The molecule has 2 aliphatic heterocycles. The maximum absolute atomic E-state index is 11.9. The van der Waals surface area contributed by atoms with Crippen LogP contribution < -0.4 is 11.1 Å². The molecule has 2 rings (SSSR count). The van der Waals surface area contributed by atoms with Gasteiger partial charge in [-0.15, -0.1) is 11.8 Å². The molecule has 2 saturated heterocycles. The highest BCUT2D eigenvalue weighted by molar-refractivity contribution is 8.00. The van der Waals surface area contributed by atoms with E-state index < -0.39 is 12.1 Å². The number of aliphatic hydroxyl groups excluding tert-OH is 1. The van der Waals surface area contributed by atoms with Crippen LogP contribution in [0.1, 0.15) is 13.3 Å². The third kappa shape index (κ3) is 2.20. The highest BCUT2D eigenvalue weighted by Gasteiger charge is 2.43. The van der Waals surface area contributed by atoms with Crippen molar-refractivity contribution in [3.63, 3.8) is 0 Å². The van der Waals surface area contributed by atoms with E-state index >= 15 is 0 Å². The van der Waals surface area contributed by atoms with E-state index in [0.717, 1.165) is 25.3 Å². The molecule has 92 valence electrons. The van der Waals surface area contributed by atoms with Crippen molar-refractivity contribution < 1.29 is 9.90 Å². The Bertz CT molecular complexity index is 279. The largest absolute Gasteiger partial charge is 0.391 e. The molecule has 4 N–H and O–H groups in total. The summed E-state index contributed by atoms with van der Waals surface area (Å²) in [6, 6.07) is -0.790. The second kappa shape index (κ2) is 4.52. The zero-order valence-corrected chi connectivity index (χ0v) is 10.3. The molecule has 5 nitrogen and oxygen atoms in total. The van der Waals surface area contributed by atoms with Crippen molar-refractivity contribution in [2.75, 3.05) is 25.4 Å². The fourth-order valence-corrected chi connectivity index (χ4v) is 3.51. The fraction of sp³-hybridized carbons (Fsp3) is 0.900. The molecule has 0 saturated carbocycles. The summed E-state index contributed by atoms with van der Waals surface area (Å²) in [6.45, 7) is 4.00. The van der Waals surface area contributed by atoms with Crippen molar-refractivity contribution in [2.45, 2.75) is 30.4 Å². The van der Waals surface area contributed by atoms with Crippen LogP contribution in [0.15, 0.2) is 0 Å². The molecule has 1 unspecified atom stereocenters. The third-order valence-corrected chi connectivity index (χ3v) is 4.71. The lowest BCUT2D eigenvalue weighted by molar-refractivity contribution is -0.133. The summed E-state index contributed by atoms with van der Waals surface area (Å²) in [6.07, 6.45) is 0.184. The molecule has 1 spiro atoms. The Hall–Kier alpha value is -0.300. The van der Waals surface area contributed by atoms with Gasteiger partial charge in [0.1, 0.15) is 6.04 Å². The van der Waals surface area contributed by atoms with Gasteiger partial charge in [-0.05, 0) is 13.3 Å². The number of rotatable bonds is 2. The summed E-state index contributed by atoms with van der Waals surface area (Å²) in [5.74, 6) is 0.964. The number of carbonyl (C=O) groups is 1. The Morgan fingerprint density at radius 3 is 3.00 bits per heavy atom. The van der Waals surface area contributed by atoms with Crippen LogP contribution in [0.2, 0.25) is 0 Å². The van der Waals surface area contributed by atoms with E-state index in [-0.39, 0.29) is 10.8 Å². The van der Waals surface area contributed by atoms with Crippen molar-refractivity contribution in [1.29, 1.82) is 0 Å². The summed E-state index contributed by atoms with van der Waals surface area (Å²) in [4.78, 5) is 13.7. The number of amides is 1. The topological polar surface area (TPSA) is 78.6 Å². The molecule has 0 bridgehead atoms. The second-order valence-corrected chi connectivity index (χ2v) is 6.02. The van der Waals surface area contributed by atoms with E-state index in [0.29, 0.717) is 6.54 Å². The van der Waals surface area contributed by atoms with E-state index in [1.54, 1.807) is 11.8 Å². The molecule has 2 aliphatic rings. The summed E-state index contributed by atoms with van der Waals surface area (Å²) in [7, 11) is 0. The van der Waals surface area contributed by atoms with Crippen LogP contribution in [-0.4, -0.2) is 58.3 Å². The monoisotopic (exact) mass is 245 g/mol. The molecule has 6 heteroatoms. The lowest BCUT2D eigenvalue weighted by Gasteiger charge is -2.25. The van der Waals surface area contributed by atoms with E-state index in [1.165, 1.54) is 0 Å². The van der Waals surface area contributed by atoms with Gasteiger partial charge in [0.15, 0.2) is 0 Å². The SMILES string of the molecule is C[C@@H](O)[C@H](N)C(=O)N1CCC2(C1)NCCS2. The number of nitrogens with zero attached hydrogens (tertiary/aromatic N) is 1. The number of thioether (sulfide) groups is 1. The van der Waals surface area contributed by atoms with Crippen LogP contribution >= 0.6 is 11.8 Å². The molecule has 0 aromatic heterocycles. The van der Waals surface area contributed by atoms with Crippen LogP contribution in [0.25, 0.3) is 0 Å². The molecule has 0 aliphatic carbocycles. The Labute approximate surface area is 99.7 Å². The number of nitrogens with one attached hydrogen (secondary N) is 1. The second-order valence-electron chi connectivity index (χ2n) is 4.55. The average molecular weight is 245 g/mol. The van der Waals surface area contributed by atoms with Gasteiger partial charge < -0.3 is 21.1 Å². The van der Waals surface area contributed by atoms with Gasteiger partial charge in [-0.3, -0.25) is 4.79 Å². The Balaban J connectivity index is 1.95. The molecule has 0 radical (unpaired) electrons. The first kappa shape index (κ1) is 12.2. The lowest BCUT2D eigenvalue weighted by atomic mass is 10.2. The molecule has 1 amide bonds. The van der Waals surface area contributed by atoms with Gasteiger partial charge in [0.25, 0.3) is 0 Å². The maximum Gasteiger partial charge on any atom is 0.242 e. The Kier molecular flexibility index (Phi) is 3.44. The fourth-order valence-electron chi connectivity index (χ4n) is 2.23. The first-order valence-electron chi connectivity index (χ1n) is 5.65. The average Bonchev–Trinajstić information content (AvgIpc) is 2.87. The first-order chi connectivity index (χ1) is 7.54. The molecule has 0 aromatic rings. The minimum atomic E-state index is -0.790. The van der Waals surface area contributed by atoms with Crippen molar-refractivity contribution in [1.82, 2.24) is 10.2 Å². The first-order valence-corrected chi connectivity index (χ1v) is 6.64. The normalized spacial score (nSPS) is 33.3. The molecular weight excluding hydrogens is 226 g/mol. The third-order valence-electron chi connectivity index (χ3n) is 3.28. The van der Waals surface area contributed by atoms with Crippen molar-refractivity contribution in [3.05, 3.63) is 0 Å². The summed E-state index contributed by atoms with van der Waals surface area (Å²) >= 11 is 1.89. The van der Waals surface area contributed by atoms with Crippen LogP contribution in [0, 0.1) is 0 Å². The Morgan fingerprint density at radius 2 is 2.44 bits per heavy atom. The van der Waals surface area contributed by atoms with Crippen LogP contribution in [0.5, 0.6) is 0 Å². The molecule has 16 heavy (non-hydrogen) atoms. The highest BCUT2D eigenvalue weighted by Crippen LogP contribution is 2.36. The van der Waals surface area contributed by atoms with Crippen molar-refractivity contribution in [2.24, 2.45) is 5.73 Å². The van der Waals surface area contributed by atoms with Crippen LogP contribution in [0.4, 0.5) is 0 Å². The van der Waals surface area contributed by atoms with Gasteiger partial charge in [-0.1, -0.05) is 0 Å². The number of hydrogen-bond acceptors (Lipinski definition) is 5. The molecule has 0 aromatic carbocycles. The molecule has 3 atom stereocenters. The quantitative estimate of drug-likeness (QED) is 0.579. The summed E-state index contributed by atoms with van der Waals surface area (Å²) < 4.78 is 0. The minimum absolute atomic E-state index is 0.0497. The zero-order chi connectivity index (χ0) is 11.8. The van der Waals surface area contributed by atoms with E-state index in [4.69, 9.17) is 5.73 Å². The highest BCUT2D eigenvalue weighted by atomic mass is 32.2. The Morgan fingerprint density at radius 1 is 1.69 bits per heavy atom. The van der Waals surface area contributed by atoms with Gasteiger partial charge >= 0.3 is 0 Å². The zero-order valence-electron chi connectivity index (χ0n) is 9.48. The predicted molar refractivity (Wildman–Crippen MR) is 64.0 cm³/mol. The van der Waals surface area contributed by atoms with E-state index in [9.17, 15) is 9.90 Å². The minimum Gasteiger partial charge on any atom is -0.391 e. The predicted octanol–water partition coefficient (Wildman–Crippen LogP) is -1.04. The van der Waals surface area contributed by atoms with E-state index in [2.05, 4.69) is 5.32 Å². The number of nitrogens with two attached hydrogens (primary N) is 1. The van der Waals surface area contributed by atoms with Crippen LogP contribution in [0.3, 0.4) is 0 Å². The van der Waals surface area contributed by atoms with Crippen LogP contribution in [-0.2, 0) is 4.79 Å². The number of carbonyl (C=O) groups excluding carboxylic acids is 1. The molecule has 2 fully saturated rings. The van der Waals surface area contributed by atoms with Crippen molar-refractivity contribution in [3.8, 4) is 0 Å². The summed E-state index contributed by atoms with van der Waals surface area (Å²) in [5.41, 5.74) is 5.66. The summed E-state index contributed by atoms with van der Waals surface area (Å²) in [5, 5.41) is 12.8. The van der Waals surface area contributed by atoms with Gasteiger partial charge in [0.05, 0.1) is 11.0 Å². The number of aliphatic hydroxyl groups is 1. The number of likely N-dealkylation sites (tertiary alicyclic amines) is 1. The lowest BCUT2D eigenvalue weighted by Crippen LogP contribution is -2.50. The maximum atomic E-state index is 11.9. The molecule has 2 heterocycles. The van der Waals surface area contributed by atoms with Gasteiger partial charge in [-0.2, -0.15) is 0 Å². The number of hydrogen-bond donors (Lipinski definition) is 3. The van der Waals surface area contributed by atoms with Crippen molar-refractivity contribution >= 4 is 17.7 Å². The van der Waals surface area contributed by atoms with Gasteiger partial charge in [0, 0.05) is 25.4 Å². The van der Waals surface area contributed by atoms with E-state index in [1.807, 2.05) is 11.8 Å². The molecular formula is C10H19N3O2S.